The normalized spacial score (nSPS) is 14.6. The van der Waals surface area contributed by atoms with Crippen LogP contribution in [0.3, 0.4) is 0 Å². The lowest BCUT2D eigenvalue weighted by atomic mass is 10.2. The van der Waals surface area contributed by atoms with Crippen LogP contribution in [-0.4, -0.2) is 66.9 Å². The Balaban J connectivity index is 1.25. The van der Waals surface area contributed by atoms with E-state index in [1.54, 1.807) is 19.2 Å². The molecule has 0 atom stereocenters. The van der Waals surface area contributed by atoms with Gasteiger partial charge in [0, 0.05) is 38.8 Å². The van der Waals surface area contributed by atoms with Crippen molar-refractivity contribution in [1.29, 1.82) is 0 Å². The van der Waals surface area contributed by atoms with E-state index in [1.807, 2.05) is 18.2 Å². The van der Waals surface area contributed by atoms with Crippen molar-refractivity contribution in [3.63, 3.8) is 0 Å². The zero-order chi connectivity index (χ0) is 22.5. The fraction of sp³-hybridized carbons (Fsp3) is 0.391. The number of carbonyl (C=O) groups is 1. The Hall–Kier alpha value is -3.33. The Kier molecular flexibility index (Phi) is 6.75. The Labute approximate surface area is 186 Å². The third-order valence-corrected chi connectivity index (χ3v) is 5.86. The molecule has 1 saturated heterocycles. The molecule has 3 heterocycles. The van der Waals surface area contributed by atoms with E-state index in [1.165, 1.54) is 21.7 Å². The van der Waals surface area contributed by atoms with Gasteiger partial charge in [-0.3, -0.25) is 9.80 Å². The number of rotatable bonds is 8. The van der Waals surface area contributed by atoms with Crippen LogP contribution in [0.2, 0.25) is 0 Å². The maximum absolute atomic E-state index is 13.4. The summed E-state index contributed by atoms with van der Waals surface area (Å²) in [6.07, 6.45) is 3.03. The van der Waals surface area contributed by atoms with Crippen LogP contribution < -0.4 is 20.3 Å². The van der Waals surface area contributed by atoms with Crippen molar-refractivity contribution in [3.8, 4) is 5.75 Å². The van der Waals surface area contributed by atoms with Gasteiger partial charge in [0.15, 0.2) is 5.82 Å². The van der Waals surface area contributed by atoms with Gasteiger partial charge < -0.3 is 15.4 Å². The molecule has 1 fully saturated rings. The largest absolute Gasteiger partial charge is 0.495 e. The standard InChI is InChI=1S/C23H29FN6O2/c1-32-21-7-3-2-6-20(21)28-14-12-27(13-15-28)10-4-5-11-29(23(25)31)22-16-19-9-8-18(24)17-30(19)26-22/h2-3,6-9,16-17H,4-5,10-15H2,1H3,(H2,25,31). The van der Waals surface area contributed by atoms with E-state index in [0.717, 1.165) is 57.0 Å². The molecule has 1 aliphatic heterocycles. The lowest BCUT2D eigenvalue weighted by Crippen LogP contribution is -2.46. The zero-order valence-corrected chi connectivity index (χ0v) is 18.3. The van der Waals surface area contributed by atoms with Crippen molar-refractivity contribution in [2.45, 2.75) is 12.8 Å². The van der Waals surface area contributed by atoms with Gasteiger partial charge in [0.1, 0.15) is 11.6 Å². The molecule has 1 aliphatic rings. The van der Waals surface area contributed by atoms with Crippen LogP contribution in [-0.2, 0) is 0 Å². The minimum absolute atomic E-state index is 0.386. The number of anilines is 2. The molecule has 32 heavy (non-hydrogen) atoms. The van der Waals surface area contributed by atoms with Crippen LogP contribution in [0.4, 0.5) is 20.7 Å². The number of hydrogen-bond acceptors (Lipinski definition) is 5. The second kappa shape index (κ2) is 9.86. The molecule has 2 amide bonds. The van der Waals surface area contributed by atoms with Crippen LogP contribution in [0.15, 0.2) is 48.7 Å². The maximum Gasteiger partial charge on any atom is 0.320 e. The van der Waals surface area contributed by atoms with Crippen LogP contribution in [0.1, 0.15) is 12.8 Å². The van der Waals surface area contributed by atoms with Crippen molar-refractivity contribution >= 4 is 23.1 Å². The number of pyridine rings is 1. The summed E-state index contributed by atoms with van der Waals surface area (Å²) in [5, 5.41) is 4.29. The number of hydrogen-bond donors (Lipinski definition) is 1. The monoisotopic (exact) mass is 440 g/mol. The van der Waals surface area contributed by atoms with E-state index in [0.29, 0.717) is 17.9 Å². The van der Waals surface area contributed by atoms with Gasteiger partial charge in [-0.25, -0.2) is 13.7 Å². The predicted octanol–water partition coefficient (Wildman–Crippen LogP) is 2.97. The van der Waals surface area contributed by atoms with Gasteiger partial charge in [0.05, 0.1) is 24.5 Å². The third kappa shape index (κ3) is 4.94. The number of aromatic nitrogens is 2. The molecule has 8 nitrogen and oxygen atoms in total. The lowest BCUT2D eigenvalue weighted by molar-refractivity contribution is 0.248. The molecule has 1 aromatic carbocycles. The predicted molar refractivity (Wildman–Crippen MR) is 123 cm³/mol. The first-order valence-corrected chi connectivity index (χ1v) is 10.9. The van der Waals surface area contributed by atoms with Gasteiger partial charge in [-0.15, -0.1) is 5.10 Å². The minimum atomic E-state index is -0.556. The summed E-state index contributed by atoms with van der Waals surface area (Å²) in [4.78, 5) is 18.2. The molecule has 4 rings (SSSR count). The molecule has 0 aliphatic carbocycles. The molecule has 0 spiro atoms. The first-order chi connectivity index (χ1) is 15.5. The number of urea groups is 1. The molecule has 3 aromatic rings. The Morgan fingerprint density at radius 3 is 2.69 bits per heavy atom. The molecule has 2 aromatic heterocycles. The van der Waals surface area contributed by atoms with E-state index in [9.17, 15) is 9.18 Å². The van der Waals surface area contributed by atoms with Gasteiger partial charge in [-0.1, -0.05) is 12.1 Å². The Bertz CT molecular complexity index is 1060. The fourth-order valence-corrected chi connectivity index (χ4v) is 4.13. The average molecular weight is 441 g/mol. The number of carbonyl (C=O) groups excluding carboxylic acids is 1. The van der Waals surface area contributed by atoms with E-state index in [4.69, 9.17) is 10.5 Å². The lowest BCUT2D eigenvalue weighted by Gasteiger charge is -2.36. The highest BCUT2D eigenvalue weighted by Crippen LogP contribution is 2.28. The second-order valence-electron chi connectivity index (χ2n) is 7.92. The van der Waals surface area contributed by atoms with Crippen molar-refractivity contribution in [1.82, 2.24) is 14.5 Å². The van der Waals surface area contributed by atoms with Gasteiger partial charge >= 0.3 is 6.03 Å². The Morgan fingerprint density at radius 2 is 1.94 bits per heavy atom. The average Bonchev–Trinajstić information content (AvgIpc) is 3.21. The fourth-order valence-electron chi connectivity index (χ4n) is 4.13. The van der Waals surface area contributed by atoms with Crippen LogP contribution in [0, 0.1) is 5.82 Å². The summed E-state index contributed by atoms with van der Waals surface area (Å²) in [6, 6.07) is 12.3. The summed E-state index contributed by atoms with van der Waals surface area (Å²) < 4.78 is 20.3. The van der Waals surface area contributed by atoms with Crippen molar-refractivity contribution in [2.24, 2.45) is 5.73 Å². The number of ether oxygens (including phenoxy) is 1. The van der Waals surface area contributed by atoms with Crippen molar-refractivity contribution < 1.29 is 13.9 Å². The van der Waals surface area contributed by atoms with Crippen LogP contribution in [0.25, 0.3) is 5.52 Å². The van der Waals surface area contributed by atoms with Crippen LogP contribution in [0.5, 0.6) is 5.75 Å². The smallest absolute Gasteiger partial charge is 0.320 e. The number of unbranched alkanes of at least 4 members (excludes halogenated alkanes) is 1. The maximum atomic E-state index is 13.4. The molecular formula is C23H29FN6O2. The van der Waals surface area contributed by atoms with Crippen molar-refractivity contribution in [3.05, 3.63) is 54.5 Å². The Morgan fingerprint density at radius 1 is 1.16 bits per heavy atom. The van der Waals surface area contributed by atoms with Crippen LogP contribution >= 0.6 is 0 Å². The molecule has 0 saturated carbocycles. The number of nitrogens with two attached hydrogens (primary N) is 1. The number of nitrogens with zero attached hydrogens (tertiary/aromatic N) is 5. The first kappa shape index (κ1) is 21.9. The van der Waals surface area contributed by atoms with Gasteiger partial charge in [0.25, 0.3) is 0 Å². The first-order valence-electron chi connectivity index (χ1n) is 10.9. The van der Waals surface area contributed by atoms with E-state index in [2.05, 4.69) is 21.0 Å². The highest BCUT2D eigenvalue weighted by molar-refractivity contribution is 5.90. The number of piperazine rings is 1. The third-order valence-electron chi connectivity index (χ3n) is 5.86. The van der Waals surface area contributed by atoms with Gasteiger partial charge in [0.2, 0.25) is 0 Å². The summed E-state index contributed by atoms with van der Waals surface area (Å²) in [6.45, 7) is 5.30. The number of halogens is 1. The van der Waals surface area contributed by atoms with Crippen molar-refractivity contribution in [2.75, 3.05) is 56.2 Å². The summed E-state index contributed by atoms with van der Waals surface area (Å²) in [5.74, 6) is 0.958. The van der Waals surface area contributed by atoms with E-state index < -0.39 is 6.03 Å². The molecule has 0 unspecified atom stereocenters. The number of benzene rings is 1. The number of fused-ring (bicyclic) bond motifs is 1. The van der Waals surface area contributed by atoms with Gasteiger partial charge in [-0.2, -0.15) is 0 Å². The zero-order valence-electron chi connectivity index (χ0n) is 18.3. The molecule has 2 N–H and O–H groups in total. The van der Waals surface area contributed by atoms with Gasteiger partial charge in [-0.05, 0) is 43.7 Å². The molecule has 0 radical (unpaired) electrons. The summed E-state index contributed by atoms with van der Waals surface area (Å²) in [5.41, 5.74) is 7.42. The topological polar surface area (TPSA) is 79.3 Å². The highest BCUT2D eigenvalue weighted by atomic mass is 19.1. The number of methoxy groups -OCH3 is 1. The summed E-state index contributed by atoms with van der Waals surface area (Å²) >= 11 is 0. The molecule has 0 bridgehead atoms. The number of para-hydroxylation sites is 2. The SMILES string of the molecule is COc1ccccc1N1CCN(CCCCN(C(N)=O)c2cc3ccc(F)cn3n2)CC1. The number of primary amides is 1. The molecule has 170 valence electrons. The minimum Gasteiger partial charge on any atom is -0.495 e. The number of amides is 2. The van der Waals surface area contributed by atoms with E-state index >= 15 is 0 Å². The molecular weight excluding hydrogens is 411 g/mol. The highest BCUT2D eigenvalue weighted by Gasteiger charge is 2.20. The summed E-state index contributed by atoms with van der Waals surface area (Å²) in [7, 11) is 1.70. The molecule has 9 heteroatoms. The van der Waals surface area contributed by atoms with E-state index in [-0.39, 0.29) is 5.82 Å². The quantitative estimate of drug-likeness (QED) is 0.545. The second-order valence-corrected chi connectivity index (χ2v) is 7.92.